The lowest BCUT2D eigenvalue weighted by Gasteiger charge is -1.96. The van der Waals surface area contributed by atoms with Crippen LogP contribution in [0.2, 0.25) is 0 Å². The van der Waals surface area contributed by atoms with E-state index in [4.69, 9.17) is 0 Å². The van der Waals surface area contributed by atoms with Gasteiger partial charge in [-0.3, -0.25) is 9.97 Å². The number of hydrogen-bond acceptors (Lipinski definition) is 4. The molecule has 0 bridgehead atoms. The van der Waals surface area contributed by atoms with Gasteiger partial charge in [-0.2, -0.15) is 0 Å². The number of para-hydroxylation sites is 2. The summed E-state index contributed by atoms with van der Waals surface area (Å²) >= 11 is 0. The Balaban J connectivity index is 0.000000131. The highest BCUT2D eigenvalue weighted by molar-refractivity contribution is 5.84. The van der Waals surface area contributed by atoms with E-state index in [9.17, 15) is 10.2 Å². The highest BCUT2D eigenvalue weighted by Gasteiger charge is 1.97. The van der Waals surface area contributed by atoms with Gasteiger partial charge < -0.3 is 10.2 Å². The molecule has 4 aromatic rings. The first-order chi connectivity index (χ1) is 10.8. The molecule has 0 unspecified atom stereocenters. The number of aromatic hydroxyl groups is 2. The van der Waals surface area contributed by atoms with E-state index in [2.05, 4.69) is 9.97 Å². The minimum atomic E-state index is 0.239. The lowest BCUT2D eigenvalue weighted by molar-refractivity contribution is 0.480. The van der Waals surface area contributed by atoms with E-state index >= 15 is 0 Å². The molecule has 0 amide bonds. The number of benzene rings is 2. The molecule has 0 atom stereocenters. The summed E-state index contributed by atoms with van der Waals surface area (Å²) in [6, 6.07) is 18.2. The van der Waals surface area contributed by atoms with Crippen LogP contribution in [-0.4, -0.2) is 20.2 Å². The summed E-state index contributed by atoms with van der Waals surface area (Å²) in [5.74, 6) is 0.527. The monoisotopic (exact) mass is 290 g/mol. The zero-order valence-corrected chi connectivity index (χ0v) is 11.7. The van der Waals surface area contributed by atoms with Crippen LogP contribution in [0.15, 0.2) is 73.1 Å². The molecule has 0 aliphatic carbocycles. The number of aromatic nitrogens is 2. The van der Waals surface area contributed by atoms with Crippen molar-refractivity contribution in [3.8, 4) is 11.5 Å². The standard InChI is InChI=1S/2C9H7NO/c11-8-5-1-3-7-4-2-6-10-9(7)8;11-9-5-6-10-8-4-2-1-3-7(8)9/h1-6,11H;1-6H,(H,10,11). The molecule has 4 rings (SSSR count). The predicted molar refractivity (Wildman–Crippen MR) is 86.8 cm³/mol. The number of nitrogens with zero attached hydrogens (tertiary/aromatic N) is 2. The quantitative estimate of drug-likeness (QED) is 0.516. The molecule has 22 heavy (non-hydrogen) atoms. The smallest absolute Gasteiger partial charge is 0.141 e. The maximum Gasteiger partial charge on any atom is 0.141 e. The number of rotatable bonds is 0. The van der Waals surface area contributed by atoms with E-state index in [1.54, 1.807) is 30.6 Å². The highest BCUT2D eigenvalue weighted by atomic mass is 16.3. The Hall–Kier alpha value is -3.14. The molecule has 2 N–H and O–H groups in total. The molecular formula is C18H14N2O2. The molecule has 0 spiro atoms. The van der Waals surface area contributed by atoms with Crippen molar-refractivity contribution < 1.29 is 10.2 Å². The van der Waals surface area contributed by atoms with Gasteiger partial charge in [-0.25, -0.2) is 0 Å². The fraction of sp³-hybridized carbons (Fsp3) is 0. The average Bonchev–Trinajstić information content (AvgIpc) is 2.57. The second-order valence-corrected chi connectivity index (χ2v) is 4.70. The first kappa shape index (κ1) is 13.8. The third kappa shape index (κ3) is 2.81. The molecule has 2 aromatic carbocycles. The number of fused-ring (bicyclic) bond motifs is 2. The van der Waals surface area contributed by atoms with E-state index in [0.29, 0.717) is 5.52 Å². The maximum absolute atomic E-state index is 9.33. The fourth-order valence-electron chi connectivity index (χ4n) is 2.17. The topological polar surface area (TPSA) is 66.2 Å². The van der Waals surface area contributed by atoms with Crippen LogP contribution in [0.4, 0.5) is 0 Å². The molecule has 2 heterocycles. The van der Waals surface area contributed by atoms with Crippen LogP contribution in [-0.2, 0) is 0 Å². The van der Waals surface area contributed by atoms with Gasteiger partial charge in [0.25, 0.3) is 0 Å². The van der Waals surface area contributed by atoms with Gasteiger partial charge >= 0.3 is 0 Å². The van der Waals surface area contributed by atoms with Crippen LogP contribution in [0.3, 0.4) is 0 Å². The van der Waals surface area contributed by atoms with Crippen LogP contribution in [0.25, 0.3) is 21.8 Å². The van der Waals surface area contributed by atoms with E-state index in [0.717, 1.165) is 16.3 Å². The third-order valence-corrected chi connectivity index (χ3v) is 3.24. The van der Waals surface area contributed by atoms with Crippen molar-refractivity contribution in [1.82, 2.24) is 9.97 Å². The number of phenolic OH excluding ortho intramolecular Hbond substituents is 1. The summed E-state index contributed by atoms with van der Waals surface area (Å²) in [7, 11) is 0. The Morgan fingerprint density at radius 2 is 1.45 bits per heavy atom. The third-order valence-electron chi connectivity index (χ3n) is 3.24. The zero-order valence-electron chi connectivity index (χ0n) is 11.7. The summed E-state index contributed by atoms with van der Waals surface area (Å²) < 4.78 is 0. The number of hydrogen-bond donors (Lipinski definition) is 2. The normalized spacial score (nSPS) is 10.2. The zero-order chi connectivity index (χ0) is 15.4. The first-order valence-electron chi connectivity index (χ1n) is 6.81. The van der Waals surface area contributed by atoms with Crippen LogP contribution in [0, 0.1) is 0 Å². The van der Waals surface area contributed by atoms with Crippen molar-refractivity contribution >= 4 is 21.8 Å². The molecule has 108 valence electrons. The molecule has 0 radical (unpaired) electrons. The van der Waals surface area contributed by atoms with Crippen LogP contribution < -0.4 is 0 Å². The Bertz CT molecular complexity index is 835. The van der Waals surface area contributed by atoms with Crippen LogP contribution >= 0.6 is 0 Å². The van der Waals surface area contributed by atoms with E-state index in [-0.39, 0.29) is 11.5 Å². The number of pyridine rings is 2. The van der Waals surface area contributed by atoms with Crippen LogP contribution in [0.1, 0.15) is 0 Å². The average molecular weight is 290 g/mol. The minimum Gasteiger partial charge on any atom is -0.507 e. The molecule has 2 aromatic heterocycles. The summed E-state index contributed by atoms with van der Waals surface area (Å²) in [5.41, 5.74) is 1.49. The Kier molecular flexibility index (Phi) is 3.83. The second-order valence-electron chi connectivity index (χ2n) is 4.70. The summed E-state index contributed by atoms with van der Waals surface area (Å²) in [5, 5.41) is 20.4. The van der Waals surface area contributed by atoms with Crippen molar-refractivity contribution in [1.29, 1.82) is 0 Å². The highest BCUT2D eigenvalue weighted by Crippen LogP contribution is 2.21. The van der Waals surface area contributed by atoms with Crippen molar-refractivity contribution in [2.45, 2.75) is 0 Å². The first-order valence-corrected chi connectivity index (χ1v) is 6.81. The van der Waals surface area contributed by atoms with Gasteiger partial charge in [-0.1, -0.05) is 30.3 Å². The molecular weight excluding hydrogens is 276 g/mol. The second kappa shape index (κ2) is 6.10. The van der Waals surface area contributed by atoms with Crippen molar-refractivity contribution in [2.24, 2.45) is 0 Å². The maximum atomic E-state index is 9.33. The van der Waals surface area contributed by atoms with Gasteiger partial charge in [-0.05, 0) is 30.3 Å². The SMILES string of the molecule is Oc1cccc2cccnc12.Oc1ccnc2ccccc12. The largest absolute Gasteiger partial charge is 0.507 e. The van der Waals surface area contributed by atoms with E-state index in [1.165, 1.54) is 0 Å². The fourth-order valence-corrected chi connectivity index (χ4v) is 2.17. The Morgan fingerprint density at radius 3 is 2.27 bits per heavy atom. The lowest BCUT2D eigenvalue weighted by atomic mass is 10.2. The summed E-state index contributed by atoms with van der Waals surface area (Å²) in [6.07, 6.45) is 3.26. The number of phenols is 1. The van der Waals surface area contributed by atoms with E-state index in [1.807, 2.05) is 42.5 Å². The van der Waals surface area contributed by atoms with Gasteiger partial charge in [-0.15, -0.1) is 0 Å². The molecule has 0 aliphatic rings. The molecule has 4 nitrogen and oxygen atoms in total. The van der Waals surface area contributed by atoms with Gasteiger partial charge in [0.05, 0.1) is 5.52 Å². The van der Waals surface area contributed by atoms with E-state index < -0.39 is 0 Å². The van der Waals surface area contributed by atoms with Gasteiger partial charge in [0.1, 0.15) is 17.0 Å². The molecule has 0 saturated heterocycles. The molecule has 0 fully saturated rings. The molecule has 0 saturated carbocycles. The summed E-state index contributed by atoms with van der Waals surface area (Å²) in [6.45, 7) is 0. The van der Waals surface area contributed by atoms with Gasteiger partial charge in [0.15, 0.2) is 0 Å². The Labute approximate surface area is 127 Å². The lowest BCUT2D eigenvalue weighted by Crippen LogP contribution is -1.76. The van der Waals surface area contributed by atoms with Gasteiger partial charge in [0.2, 0.25) is 0 Å². The van der Waals surface area contributed by atoms with Crippen molar-refractivity contribution in [2.75, 3.05) is 0 Å². The van der Waals surface area contributed by atoms with Gasteiger partial charge in [0, 0.05) is 23.2 Å². The van der Waals surface area contributed by atoms with Crippen molar-refractivity contribution in [3.05, 3.63) is 73.1 Å². The Morgan fingerprint density at radius 1 is 0.636 bits per heavy atom. The molecule has 4 heteroatoms. The minimum absolute atomic E-state index is 0.239. The predicted octanol–water partition coefficient (Wildman–Crippen LogP) is 3.88. The van der Waals surface area contributed by atoms with Crippen molar-refractivity contribution in [3.63, 3.8) is 0 Å². The summed E-state index contributed by atoms with van der Waals surface area (Å²) in [4.78, 5) is 8.11. The van der Waals surface area contributed by atoms with Crippen LogP contribution in [0.5, 0.6) is 11.5 Å². The molecule has 0 aliphatic heterocycles.